The Morgan fingerprint density at radius 3 is 2.56 bits per heavy atom. The first kappa shape index (κ1) is 27.9. The second-order valence-corrected chi connectivity index (χ2v) is 9.85. The number of nitrogens with zero attached hydrogens (tertiary/aromatic N) is 2. The number of ether oxygens (including phenoxy) is 2. The molecule has 0 aromatic heterocycles. The predicted octanol–water partition coefficient (Wildman–Crippen LogP) is 5.72. The van der Waals surface area contributed by atoms with Gasteiger partial charge in [-0.05, 0) is 86.0 Å². The summed E-state index contributed by atoms with van der Waals surface area (Å²) < 4.78 is 11.6. The molecule has 4 rings (SSSR count). The van der Waals surface area contributed by atoms with Crippen LogP contribution in [-0.4, -0.2) is 49.4 Å². The first-order chi connectivity index (χ1) is 18.8. The van der Waals surface area contributed by atoms with E-state index in [2.05, 4.69) is 28.4 Å². The topological polar surface area (TPSA) is 91.7 Å². The molecule has 1 aliphatic heterocycles. The van der Waals surface area contributed by atoms with Gasteiger partial charge in [0.05, 0.1) is 23.8 Å². The van der Waals surface area contributed by atoms with Gasteiger partial charge in [-0.15, -0.1) is 0 Å². The summed E-state index contributed by atoms with van der Waals surface area (Å²) in [5.41, 5.74) is 3.23. The molecule has 1 aliphatic rings. The number of carbonyl (C=O) groups is 2. The lowest BCUT2D eigenvalue weighted by molar-refractivity contribution is -0.118. The second-order valence-electron chi connectivity index (χ2n) is 9.42. The predicted molar refractivity (Wildman–Crippen MR) is 152 cm³/mol. The minimum absolute atomic E-state index is 0.212. The number of hydrogen-bond acceptors (Lipinski definition) is 6. The largest absolute Gasteiger partial charge is 0.494 e. The van der Waals surface area contributed by atoms with E-state index in [1.807, 2.05) is 26.0 Å². The van der Waals surface area contributed by atoms with E-state index in [-0.39, 0.29) is 29.6 Å². The standard InChI is InChI=1S/C31H30ClN3O4/c1-21-14-23(19-33)17-24(15-21)31(37)27-18-25(32)6-9-29(27)39-20-30(36)34-28-8-7-26(16-22(28)2)38-13-5-12-35-10-3-4-11-35/h3-4,6-9,14-18H,5,10-13,20H2,1-2H3,(H,34,36). The van der Waals surface area contributed by atoms with Crippen molar-refractivity contribution >= 4 is 29.0 Å². The molecule has 8 heteroatoms. The molecule has 0 radical (unpaired) electrons. The molecule has 200 valence electrons. The van der Waals surface area contributed by atoms with E-state index in [1.54, 1.807) is 30.3 Å². The number of hydrogen-bond donors (Lipinski definition) is 1. The molecule has 0 spiro atoms. The van der Waals surface area contributed by atoms with E-state index in [4.69, 9.17) is 21.1 Å². The maximum Gasteiger partial charge on any atom is 0.262 e. The van der Waals surface area contributed by atoms with Crippen molar-refractivity contribution in [3.05, 3.63) is 99.6 Å². The van der Waals surface area contributed by atoms with Crippen molar-refractivity contribution in [2.75, 3.05) is 38.2 Å². The zero-order valence-electron chi connectivity index (χ0n) is 22.0. The fourth-order valence-electron chi connectivity index (χ4n) is 4.32. The number of halogens is 1. The van der Waals surface area contributed by atoms with Crippen molar-refractivity contribution in [1.29, 1.82) is 5.26 Å². The molecule has 0 bridgehead atoms. The molecule has 0 unspecified atom stereocenters. The van der Waals surface area contributed by atoms with Gasteiger partial charge in [-0.1, -0.05) is 23.8 Å². The van der Waals surface area contributed by atoms with Gasteiger partial charge in [0.2, 0.25) is 0 Å². The minimum atomic E-state index is -0.373. The Balaban J connectivity index is 1.34. The first-order valence-corrected chi connectivity index (χ1v) is 13.1. The molecule has 1 heterocycles. The maximum absolute atomic E-state index is 13.2. The van der Waals surface area contributed by atoms with Gasteiger partial charge in [0.1, 0.15) is 11.5 Å². The highest BCUT2D eigenvalue weighted by atomic mass is 35.5. The Morgan fingerprint density at radius 1 is 1.03 bits per heavy atom. The van der Waals surface area contributed by atoms with Crippen LogP contribution >= 0.6 is 11.6 Å². The number of nitrogens with one attached hydrogen (secondary N) is 1. The summed E-state index contributed by atoms with van der Waals surface area (Å²) >= 11 is 6.15. The highest BCUT2D eigenvalue weighted by Gasteiger charge is 2.18. The monoisotopic (exact) mass is 543 g/mol. The van der Waals surface area contributed by atoms with Crippen molar-refractivity contribution in [3.63, 3.8) is 0 Å². The highest BCUT2D eigenvalue weighted by molar-refractivity contribution is 6.31. The fraction of sp³-hybridized carbons (Fsp3) is 0.258. The van der Waals surface area contributed by atoms with Crippen molar-refractivity contribution < 1.29 is 19.1 Å². The average molecular weight is 544 g/mol. The van der Waals surface area contributed by atoms with Crippen LogP contribution in [0.2, 0.25) is 5.02 Å². The summed E-state index contributed by atoms with van der Waals surface area (Å²) in [6.07, 6.45) is 5.29. The number of benzene rings is 3. The smallest absolute Gasteiger partial charge is 0.262 e. The Morgan fingerprint density at radius 2 is 1.82 bits per heavy atom. The van der Waals surface area contributed by atoms with Gasteiger partial charge in [-0.25, -0.2) is 0 Å². The zero-order valence-corrected chi connectivity index (χ0v) is 22.8. The van der Waals surface area contributed by atoms with E-state index < -0.39 is 0 Å². The minimum Gasteiger partial charge on any atom is -0.494 e. The molecule has 0 saturated carbocycles. The molecule has 0 aliphatic carbocycles. The highest BCUT2D eigenvalue weighted by Crippen LogP contribution is 2.27. The van der Waals surface area contributed by atoms with Gasteiger partial charge in [0.25, 0.3) is 5.91 Å². The van der Waals surface area contributed by atoms with Crippen LogP contribution in [0.15, 0.2) is 66.7 Å². The van der Waals surface area contributed by atoms with Gasteiger partial charge in [-0.2, -0.15) is 5.26 Å². The third-order valence-electron chi connectivity index (χ3n) is 6.27. The summed E-state index contributed by atoms with van der Waals surface area (Å²) in [5.74, 6) is 0.254. The molecule has 3 aromatic rings. The Labute approximate surface area is 233 Å². The van der Waals surface area contributed by atoms with Crippen LogP contribution in [0.5, 0.6) is 11.5 Å². The van der Waals surface area contributed by atoms with E-state index >= 15 is 0 Å². The molecule has 0 atom stereocenters. The van der Waals surface area contributed by atoms with Gasteiger partial charge < -0.3 is 14.8 Å². The van der Waals surface area contributed by atoms with E-state index in [9.17, 15) is 14.9 Å². The number of ketones is 1. The fourth-order valence-corrected chi connectivity index (χ4v) is 4.49. The van der Waals surface area contributed by atoms with Crippen molar-refractivity contribution in [1.82, 2.24) is 4.90 Å². The van der Waals surface area contributed by atoms with Gasteiger partial charge in [-0.3, -0.25) is 14.5 Å². The maximum atomic E-state index is 13.2. The molecule has 0 saturated heterocycles. The van der Waals surface area contributed by atoms with Crippen LogP contribution in [0.3, 0.4) is 0 Å². The van der Waals surface area contributed by atoms with E-state index in [1.165, 1.54) is 12.1 Å². The number of carbonyl (C=O) groups excluding carboxylic acids is 2. The van der Waals surface area contributed by atoms with Crippen LogP contribution in [0.25, 0.3) is 0 Å². The molecule has 0 fully saturated rings. The van der Waals surface area contributed by atoms with Crippen LogP contribution < -0.4 is 14.8 Å². The van der Waals surface area contributed by atoms with Crippen LogP contribution in [0.4, 0.5) is 5.69 Å². The third kappa shape index (κ3) is 7.70. The van der Waals surface area contributed by atoms with Crippen molar-refractivity contribution in [2.45, 2.75) is 20.3 Å². The normalized spacial score (nSPS) is 12.7. The van der Waals surface area contributed by atoms with Crippen molar-refractivity contribution in [2.24, 2.45) is 0 Å². The van der Waals surface area contributed by atoms with Crippen molar-refractivity contribution in [3.8, 4) is 17.6 Å². The lowest BCUT2D eigenvalue weighted by atomic mass is 9.98. The quantitative estimate of drug-likeness (QED) is 0.189. The van der Waals surface area contributed by atoms with Crippen LogP contribution in [0, 0.1) is 25.2 Å². The molecule has 3 aromatic carbocycles. The number of anilines is 1. The molecule has 7 nitrogen and oxygen atoms in total. The Kier molecular flexibility index (Phi) is 9.37. The number of nitriles is 1. The number of rotatable bonds is 11. The number of amides is 1. The second kappa shape index (κ2) is 13.1. The summed E-state index contributed by atoms with van der Waals surface area (Å²) in [6, 6.07) is 17.1. The lowest BCUT2D eigenvalue weighted by Gasteiger charge is -2.15. The zero-order chi connectivity index (χ0) is 27.8. The SMILES string of the molecule is Cc1cc(C#N)cc(C(=O)c2cc(Cl)ccc2OCC(=O)Nc2ccc(OCCCN3CC=CC3)cc2C)c1. The Bertz CT molecular complexity index is 1440. The van der Waals surface area contributed by atoms with Gasteiger partial charge in [0.15, 0.2) is 12.4 Å². The van der Waals surface area contributed by atoms with E-state index in [0.717, 1.165) is 42.9 Å². The van der Waals surface area contributed by atoms with Gasteiger partial charge in [0, 0.05) is 35.9 Å². The summed E-state index contributed by atoms with van der Waals surface area (Å²) in [4.78, 5) is 28.3. The van der Waals surface area contributed by atoms with Crippen LogP contribution in [-0.2, 0) is 4.79 Å². The first-order valence-electron chi connectivity index (χ1n) is 12.7. The molecule has 1 amide bonds. The molecular weight excluding hydrogens is 514 g/mol. The molecule has 1 N–H and O–H groups in total. The summed E-state index contributed by atoms with van der Waals surface area (Å²) in [6.45, 7) is 7.02. The van der Waals surface area contributed by atoms with Crippen LogP contribution in [0.1, 0.15) is 39.0 Å². The average Bonchev–Trinajstić information content (AvgIpc) is 3.44. The Hall–Kier alpha value is -4.12. The van der Waals surface area contributed by atoms with E-state index in [0.29, 0.717) is 28.4 Å². The summed E-state index contributed by atoms with van der Waals surface area (Å²) in [5, 5.41) is 12.5. The summed E-state index contributed by atoms with van der Waals surface area (Å²) in [7, 11) is 0. The molecular formula is C31H30ClN3O4. The number of aryl methyl sites for hydroxylation is 2. The molecule has 39 heavy (non-hydrogen) atoms. The lowest BCUT2D eigenvalue weighted by Crippen LogP contribution is -2.22. The third-order valence-corrected chi connectivity index (χ3v) is 6.50. The van der Waals surface area contributed by atoms with Gasteiger partial charge >= 0.3 is 0 Å².